The van der Waals surface area contributed by atoms with Crippen LogP contribution in [0.5, 0.6) is 5.75 Å². The summed E-state index contributed by atoms with van der Waals surface area (Å²) in [5.41, 5.74) is 1.40. The molecular weight excluding hydrogens is 276 g/mol. The molecule has 6 heteroatoms. The second-order valence-electron chi connectivity index (χ2n) is 4.18. The van der Waals surface area contributed by atoms with Crippen LogP contribution in [0.15, 0.2) is 18.2 Å². The van der Waals surface area contributed by atoms with Gasteiger partial charge in [-0.3, -0.25) is 4.79 Å². The van der Waals surface area contributed by atoms with Gasteiger partial charge in [0.25, 0.3) is 0 Å². The average Bonchev–Trinajstić information content (AvgIpc) is 2.48. The Labute approximate surface area is 123 Å². The highest BCUT2D eigenvalue weighted by molar-refractivity contribution is 6.34. The van der Waals surface area contributed by atoms with Crippen LogP contribution >= 0.6 is 0 Å². The molecule has 1 aromatic rings. The number of benzene rings is 1. The van der Waals surface area contributed by atoms with Crippen molar-refractivity contribution >= 4 is 11.8 Å². The van der Waals surface area contributed by atoms with Crippen LogP contribution in [0, 0.1) is 0 Å². The Hall–Kier alpha value is -1.92. The van der Waals surface area contributed by atoms with E-state index >= 15 is 0 Å². The highest BCUT2D eigenvalue weighted by atomic mass is 16.7. The number of Topliss-reactive ketones (excluding diaryl/α,β-unsaturated/α-hetero) is 1. The van der Waals surface area contributed by atoms with E-state index in [-0.39, 0.29) is 19.8 Å². The van der Waals surface area contributed by atoms with E-state index in [1.807, 2.05) is 6.07 Å². The van der Waals surface area contributed by atoms with Crippen LogP contribution in [0.4, 0.5) is 0 Å². The smallest absolute Gasteiger partial charge is 0.374 e. The summed E-state index contributed by atoms with van der Waals surface area (Å²) >= 11 is 0. The molecular formula is C15H20O6. The number of ether oxygens (including phenoxy) is 4. The second kappa shape index (κ2) is 9.10. The van der Waals surface area contributed by atoms with Gasteiger partial charge in [-0.05, 0) is 6.92 Å². The van der Waals surface area contributed by atoms with Crippen LogP contribution < -0.4 is 4.74 Å². The summed E-state index contributed by atoms with van der Waals surface area (Å²) in [6, 6.07) is 5.34. The minimum absolute atomic E-state index is 0.0693. The summed E-state index contributed by atoms with van der Waals surface area (Å²) in [5.74, 6) is -0.906. The number of rotatable bonds is 9. The number of carbonyl (C=O) groups is 2. The lowest BCUT2D eigenvalue weighted by Gasteiger charge is -2.13. The van der Waals surface area contributed by atoms with E-state index in [1.165, 1.54) is 14.2 Å². The van der Waals surface area contributed by atoms with E-state index in [1.54, 1.807) is 19.1 Å². The molecule has 0 saturated heterocycles. The zero-order valence-corrected chi connectivity index (χ0v) is 12.5. The summed E-state index contributed by atoms with van der Waals surface area (Å²) in [6.07, 6.45) is -0.0693. The first-order valence-corrected chi connectivity index (χ1v) is 6.55. The first-order chi connectivity index (χ1) is 10.1. The number of esters is 1. The molecule has 0 N–H and O–H groups in total. The van der Waals surface area contributed by atoms with Crippen molar-refractivity contribution in [2.75, 3.05) is 27.6 Å². The zero-order chi connectivity index (χ0) is 15.7. The zero-order valence-electron chi connectivity index (χ0n) is 12.5. The van der Waals surface area contributed by atoms with Gasteiger partial charge in [-0.1, -0.05) is 18.2 Å². The van der Waals surface area contributed by atoms with Crippen LogP contribution in [0.25, 0.3) is 0 Å². The van der Waals surface area contributed by atoms with Gasteiger partial charge in [0.05, 0.1) is 20.3 Å². The third kappa shape index (κ3) is 5.17. The van der Waals surface area contributed by atoms with Crippen molar-refractivity contribution in [2.45, 2.75) is 20.0 Å². The molecule has 0 unspecified atom stereocenters. The Kier molecular flexibility index (Phi) is 7.42. The fourth-order valence-corrected chi connectivity index (χ4v) is 1.84. The van der Waals surface area contributed by atoms with Crippen molar-refractivity contribution in [2.24, 2.45) is 0 Å². The first-order valence-electron chi connectivity index (χ1n) is 6.55. The van der Waals surface area contributed by atoms with E-state index in [9.17, 15) is 9.59 Å². The molecule has 21 heavy (non-hydrogen) atoms. The molecule has 0 saturated carbocycles. The number of methoxy groups -OCH3 is 2. The van der Waals surface area contributed by atoms with Gasteiger partial charge in [0, 0.05) is 24.7 Å². The molecule has 0 atom stereocenters. The molecule has 0 aliphatic heterocycles. The third-order valence-electron chi connectivity index (χ3n) is 2.70. The van der Waals surface area contributed by atoms with Crippen LogP contribution in [0.3, 0.4) is 0 Å². The SMILES string of the molecule is CCOC(=O)C(=O)Cc1cccc(COCOC)c1OC. The number of carbonyl (C=O) groups excluding carboxylic acids is 2. The van der Waals surface area contributed by atoms with E-state index in [0.717, 1.165) is 5.56 Å². The Morgan fingerprint density at radius 1 is 1.14 bits per heavy atom. The van der Waals surface area contributed by atoms with Gasteiger partial charge in [-0.2, -0.15) is 0 Å². The molecule has 0 amide bonds. The van der Waals surface area contributed by atoms with Crippen molar-refractivity contribution in [3.63, 3.8) is 0 Å². The van der Waals surface area contributed by atoms with Gasteiger partial charge in [-0.25, -0.2) is 4.79 Å². The Bertz CT molecular complexity index is 483. The summed E-state index contributed by atoms with van der Waals surface area (Å²) in [5, 5.41) is 0. The minimum Gasteiger partial charge on any atom is -0.496 e. The van der Waals surface area contributed by atoms with Gasteiger partial charge < -0.3 is 18.9 Å². The number of para-hydroxylation sites is 1. The predicted octanol–water partition coefficient (Wildman–Crippen LogP) is 1.49. The maximum Gasteiger partial charge on any atom is 0.374 e. The Balaban J connectivity index is 2.84. The van der Waals surface area contributed by atoms with Crippen molar-refractivity contribution in [3.05, 3.63) is 29.3 Å². The lowest BCUT2D eigenvalue weighted by atomic mass is 10.0. The van der Waals surface area contributed by atoms with Crippen LogP contribution in [-0.4, -0.2) is 39.4 Å². The molecule has 0 radical (unpaired) electrons. The van der Waals surface area contributed by atoms with Gasteiger partial charge in [0.1, 0.15) is 12.5 Å². The average molecular weight is 296 g/mol. The maximum atomic E-state index is 11.8. The fourth-order valence-electron chi connectivity index (χ4n) is 1.84. The molecule has 116 valence electrons. The molecule has 0 aliphatic rings. The van der Waals surface area contributed by atoms with Crippen molar-refractivity contribution in [1.29, 1.82) is 0 Å². The highest BCUT2D eigenvalue weighted by Crippen LogP contribution is 2.25. The largest absolute Gasteiger partial charge is 0.496 e. The number of ketones is 1. The molecule has 6 nitrogen and oxygen atoms in total. The quantitative estimate of drug-likeness (QED) is 0.297. The Morgan fingerprint density at radius 2 is 1.86 bits per heavy atom. The molecule has 1 aromatic carbocycles. The standard InChI is InChI=1S/C15H20O6/c1-4-21-15(17)13(16)8-11-6-5-7-12(14(11)19-3)9-20-10-18-2/h5-7H,4,8-10H2,1-3H3. The molecule has 0 spiro atoms. The van der Waals surface area contributed by atoms with Crippen LogP contribution in [-0.2, 0) is 36.8 Å². The number of hydrogen-bond acceptors (Lipinski definition) is 6. The Morgan fingerprint density at radius 3 is 2.48 bits per heavy atom. The van der Waals surface area contributed by atoms with Gasteiger partial charge in [-0.15, -0.1) is 0 Å². The summed E-state index contributed by atoms with van der Waals surface area (Å²) in [7, 11) is 3.04. The molecule has 0 heterocycles. The third-order valence-corrected chi connectivity index (χ3v) is 2.70. The van der Waals surface area contributed by atoms with Gasteiger partial charge in [0.15, 0.2) is 0 Å². The summed E-state index contributed by atoms with van der Waals surface area (Å²) in [6.45, 7) is 2.28. The van der Waals surface area contributed by atoms with E-state index in [4.69, 9.17) is 14.2 Å². The molecule has 0 fully saturated rings. The van der Waals surface area contributed by atoms with Crippen LogP contribution in [0.2, 0.25) is 0 Å². The number of hydrogen-bond donors (Lipinski definition) is 0. The molecule has 0 aliphatic carbocycles. The fraction of sp³-hybridized carbons (Fsp3) is 0.467. The summed E-state index contributed by atoms with van der Waals surface area (Å²) in [4.78, 5) is 23.1. The minimum atomic E-state index is -0.833. The molecule has 1 rings (SSSR count). The van der Waals surface area contributed by atoms with Gasteiger partial charge in [0.2, 0.25) is 5.78 Å². The lowest BCUT2D eigenvalue weighted by Crippen LogP contribution is -2.20. The first kappa shape index (κ1) is 17.1. The monoisotopic (exact) mass is 296 g/mol. The second-order valence-corrected chi connectivity index (χ2v) is 4.18. The predicted molar refractivity (Wildman–Crippen MR) is 75.0 cm³/mol. The normalized spacial score (nSPS) is 10.2. The van der Waals surface area contributed by atoms with Gasteiger partial charge >= 0.3 is 5.97 Å². The van der Waals surface area contributed by atoms with Crippen molar-refractivity contribution in [3.8, 4) is 5.75 Å². The maximum absolute atomic E-state index is 11.8. The van der Waals surface area contributed by atoms with E-state index < -0.39 is 11.8 Å². The topological polar surface area (TPSA) is 71.1 Å². The molecule has 0 aromatic heterocycles. The van der Waals surface area contributed by atoms with E-state index in [0.29, 0.717) is 17.9 Å². The summed E-state index contributed by atoms with van der Waals surface area (Å²) < 4.78 is 20.1. The molecule has 0 bridgehead atoms. The lowest BCUT2D eigenvalue weighted by molar-refractivity contribution is -0.153. The highest BCUT2D eigenvalue weighted by Gasteiger charge is 2.19. The van der Waals surface area contributed by atoms with Crippen molar-refractivity contribution in [1.82, 2.24) is 0 Å². The van der Waals surface area contributed by atoms with Crippen molar-refractivity contribution < 1.29 is 28.5 Å². The van der Waals surface area contributed by atoms with Crippen LogP contribution in [0.1, 0.15) is 18.1 Å². The van der Waals surface area contributed by atoms with E-state index in [2.05, 4.69) is 4.74 Å².